The second-order valence-electron chi connectivity index (χ2n) is 8.24. The minimum Gasteiger partial charge on any atom is -0.339 e. The van der Waals surface area contributed by atoms with E-state index in [2.05, 4.69) is 4.98 Å². The Balaban J connectivity index is 1.44. The van der Waals surface area contributed by atoms with Gasteiger partial charge >= 0.3 is 0 Å². The Bertz CT molecular complexity index is 1040. The number of carbonyl (C=O) groups is 2. The van der Waals surface area contributed by atoms with E-state index < -0.39 is 5.82 Å². The molecule has 8 heteroatoms. The highest BCUT2D eigenvalue weighted by molar-refractivity contribution is 5.94. The number of rotatable bonds is 4. The van der Waals surface area contributed by atoms with Gasteiger partial charge in [0.1, 0.15) is 11.6 Å². The molecule has 2 aliphatic heterocycles. The van der Waals surface area contributed by atoms with Crippen LogP contribution in [0, 0.1) is 5.82 Å². The van der Waals surface area contributed by atoms with Crippen LogP contribution in [0.5, 0.6) is 0 Å². The third kappa shape index (κ3) is 4.38. The van der Waals surface area contributed by atoms with Crippen molar-refractivity contribution in [3.8, 4) is 0 Å². The Hall–Kier alpha value is -3.03. The summed E-state index contributed by atoms with van der Waals surface area (Å²) < 4.78 is 13.9. The summed E-state index contributed by atoms with van der Waals surface area (Å²) >= 11 is 0. The number of aromatic amines is 1. The highest BCUT2D eigenvalue weighted by Crippen LogP contribution is 2.27. The van der Waals surface area contributed by atoms with Gasteiger partial charge in [0.25, 0.3) is 11.5 Å². The third-order valence-electron chi connectivity index (χ3n) is 6.18. The molecule has 31 heavy (non-hydrogen) atoms. The minimum absolute atomic E-state index is 0.0439. The van der Waals surface area contributed by atoms with E-state index >= 15 is 0 Å². The third-order valence-corrected chi connectivity index (χ3v) is 6.18. The summed E-state index contributed by atoms with van der Waals surface area (Å²) in [5.41, 5.74) is 1.25. The average Bonchev–Trinajstić information content (AvgIpc) is 2.79. The molecule has 0 saturated carbocycles. The lowest BCUT2D eigenvalue weighted by atomic mass is 9.94. The first-order chi connectivity index (χ1) is 15.0. The molecular weight excluding hydrogens is 399 g/mol. The van der Waals surface area contributed by atoms with E-state index in [0.717, 1.165) is 12.1 Å². The average molecular weight is 426 g/mol. The van der Waals surface area contributed by atoms with Crippen molar-refractivity contribution in [2.24, 2.45) is 0 Å². The molecule has 1 N–H and O–H groups in total. The quantitative estimate of drug-likeness (QED) is 0.814. The SMILES string of the molecule is CCCC(=O)N1CCc2nc(C3CCN(C(=O)c4ccccc4F)CC3)[nH]c(=O)c2C1. The standard InChI is InChI=1S/C23H27FN4O3/c1-2-5-20(29)28-13-10-19-17(14-28)22(30)26-21(25-19)15-8-11-27(12-9-15)23(31)16-6-3-4-7-18(16)24/h3-4,6-7,15H,2,5,8-14H2,1H3,(H,25,26,30). The Morgan fingerprint density at radius 3 is 2.61 bits per heavy atom. The number of H-pyrrole nitrogens is 1. The van der Waals surface area contributed by atoms with Gasteiger partial charge < -0.3 is 14.8 Å². The van der Waals surface area contributed by atoms with Crippen molar-refractivity contribution < 1.29 is 14.0 Å². The monoisotopic (exact) mass is 426 g/mol. The molecule has 0 bridgehead atoms. The molecule has 1 aromatic carbocycles. The first kappa shape index (κ1) is 21.2. The normalized spacial score (nSPS) is 16.8. The van der Waals surface area contributed by atoms with Crippen LogP contribution in [-0.4, -0.2) is 51.2 Å². The summed E-state index contributed by atoms with van der Waals surface area (Å²) in [6.07, 6.45) is 3.16. The molecule has 1 saturated heterocycles. The molecule has 0 spiro atoms. The van der Waals surface area contributed by atoms with Crippen LogP contribution in [0.1, 0.15) is 66.0 Å². The number of nitrogens with one attached hydrogen (secondary N) is 1. The smallest absolute Gasteiger partial charge is 0.256 e. The fourth-order valence-electron chi connectivity index (χ4n) is 4.38. The second kappa shape index (κ2) is 8.99. The lowest BCUT2D eigenvalue weighted by Gasteiger charge is -2.32. The Morgan fingerprint density at radius 2 is 1.90 bits per heavy atom. The Kier molecular flexibility index (Phi) is 6.15. The number of hydrogen-bond donors (Lipinski definition) is 1. The van der Waals surface area contributed by atoms with Crippen LogP contribution in [0.4, 0.5) is 4.39 Å². The minimum atomic E-state index is -0.512. The molecule has 0 aliphatic carbocycles. The van der Waals surface area contributed by atoms with Gasteiger partial charge in [-0.25, -0.2) is 9.37 Å². The summed E-state index contributed by atoms with van der Waals surface area (Å²) in [6, 6.07) is 6.01. The highest BCUT2D eigenvalue weighted by atomic mass is 19.1. The Morgan fingerprint density at radius 1 is 1.16 bits per heavy atom. The van der Waals surface area contributed by atoms with E-state index in [-0.39, 0.29) is 28.9 Å². The summed E-state index contributed by atoms with van der Waals surface area (Å²) in [7, 11) is 0. The molecule has 2 aromatic rings. The van der Waals surface area contributed by atoms with Crippen molar-refractivity contribution in [3.63, 3.8) is 0 Å². The molecule has 2 amide bonds. The fourth-order valence-corrected chi connectivity index (χ4v) is 4.38. The number of carbonyl (C=O) groups excluding carboxylic acids is 2. The molecule has 0 atom stereocenters. The van der Waals surface area contributed by atoms with Crippen molar-refractivity contribution in [1.29, 1.82) is 0 Å². The van der Waals surface area contributed by atoms with Crippen molar-refractivity contribution in [3.05, 3.63) is 63.1 Å². The predicted octanol–water partition coefficient (Wildman–Crippen LogP) is 2.61. The molecule has 1 fully saturated rings. The zero-order chi connectivity index (χ0) is 22.0. The number of amides is 2. The number of hydrogen-bond acceptors (Lipinski definition) is 4. The van der Waals surface area contributed by atoms with Gasteiger partial charge in [-0.1, -0.05) is 19.1 Å². The van der Waals surface area contributed by atoms with Crippen LogP contribution >= 0.6 is 0 Å². The van der Waals surface area contributed by atoms with Gasteiger partial charge in [-0.05, 0) is 31.4 Å². The van der Waals surface area contributed by atoms with E-state index in [1.807, 2.05) is 6.92 Å². The van der Waals surface area contributed by atoms with Crippen molar-refractivity contribution in [2.75, 3.05) is 19.6 Å². The van der Waals surface area contributed by atoms with Crippen molar-refractivity contribution in [1.82, 2.24) is 19.8 Å². The van der Waals surface area contributed by atoms with Gasteiger partial charge in [0.15, 0.2) is 0 Å². The van der Waals surface area contributed by atoms with Gasteiger partial charge in [0, 0.05) is 38.4 Å². The first-order valence-corrected chi connectivity index (χ1v) is 10.9. The van der Waals surface area contributed by atoms with Crippen LogP contribution in [0.3, 0.4) is 0 Å². The van der Waals surface area contributed by atoms with Crippen molar-refractivity contribution in [2.45, 2.75) is 51.5 Å². The molecule has 1 aromatic heterocycles. The van der Waals surface area contributed by atoms with E-state index in [4.69, 9.17) is 4.98 Å². The summed E-state index contributed by atoms with van der Waals surface area (Å²) in [4.78, 5) is 48.5. The number of benzene rings is 1. The predicted molar refractivity (Wildman–Crippen MR) is 113 cm³/mol. The summed E-state index contributed by atoms with van der Waals surface area (Å²) in [5, 5.41) is 0. The number of nitrogens with zero attached hydrogens (tertiary/aromatic N) is 3. The van der Waals surface area contributed by atoms with Crippen molar-refractivity contribution >= 4 is 11.8 Å². The second-order valence-corrected chi connectivity index (χ2v) is 8.24. The molecule has 0 unspecified atom stereocenters. The molecular formula is C23H27FN4O3. The van der Waals surface area contributed by atoms with Gasteiger partial charge in [-0.15, -0.1) is 0 Å². The topological polar surface area (TPSA) is 86.4 Å². The van der Waals surface area contributed by atoms with Crippen LogP contribution in [0.2, 0.25) is 0 Å². The van der Waals surface area contributed by atoms with E-state index in [1.165, 1.54) is 12.1 Å². The number of fused-ring (bicyclic) bond motifs is 1. The molecule has 3 heterocycles. The van der Waals surface area contributed by atoms with Gasteiger partial charge in [0.2, 0.25) is 5.91 Å². The molecule has 0 radical (unpaired) electrons. The maximum Gasteiger partial charge on any atom is 0.256 e. The van der Waals surface area contributed by atoms with Crippen LogP contribution in [0.25, 0.3) is 0 Å². The summed E-state index contributed by atoms with van der Waals surface area (Å²) in [5.74, 6) is -0.0527. The largest absolute Gasteiger partial charge is 0.339 e. The zero-order valence-corrected chi connectivity index (χ0v) is 17.7. The van der Waals surface area contributed by atoms with Crippen LogP contribution in [0.15, 0.2) is 29.1 Å². The summed E-state index contributed by atoms with van der Waals surface area (Å²) in [6.45, 7) is 3.82. The number of halogens is 1. The lowest BCUT2D eigenvalue weighted by Crippen LogP contribution is -2.41. The molecule has 4 rings (SSSR count). The fraction of sp³-hybridized carbons (Fsp3) is 0.478. The zero-order valence-electron chi connectivity index (χ0n) is 17.7. The number of aromatic nitrogens is 2. The number of piperidine rings is 1. The van der Waals surface area contributed by atoms with E-state index in [0.29, 0.717) is 63.3 Å². The van der Waals surface area contributed by atoms with E-state index in [9.17, 15) is 18.8 Å². The van der Waals surface area contributed by atoms with E-state index in [1.54, 1.807) is 21.9 Å². The number of likely N-dealkylation sites (tertiary alicyclic amines) is 1. The van der Waals surface area contributed by atoms with Gasteiger partial charge in [0.05, 0.1) is 23.4 Å². The highest BCUT2D eigenvalue weighted by Gasteiger charge is 2.29. The van der Waals surface area contributed by atoms with Crippen LogP contribution < -0.4 is 5.56 Å². The first-order valence-electron chi connectivity index (χ1n) is 10.9. The maximum atomic E-state index is 13.9. The van der Waals surface area contributed by atoms with Gasteiger partial charge in [-0.3, -0.25) is 14.4 Å². The maximum absolute atomic E-state index is 13.9. The molecule has 2 aliphatic rings. The van der Waals surface area contributed by atoms with Gasteiger partial charge in [-0.2, -0.15) is 0 Å². The molecule has 7 nitrogen and oxygen atoms in total. The molecule has 164 valence electrons. The lowest BCUT2D eigenvalue weighted by molar-refractivity contribution is -0.132. The van der Waals surface area contributed by atoms with Crippen LogP contribution in [-0.2, 0) is 17.8 Å². The Labute approximate surface area is 180 Å².